The Morgan fingerprint density at radius 2 is 2.25 bits per heavy atom. The van der Waals surface area contributed by atoms with Gasteiger partial charge in [0.2, 0.25) is 0 Å². The zero-order chi connectivity index (χ0) is 11.7. The second-order valence-corrected chi connectivity index (χ2v) is 4.31. The standard InChI is InChI=1S/C10H10BrFN4/c1-6-10(13)14-15-16(6)5-7-4-8(12)2-3-9(7)11/h2-4H,5,13H2,1H3. The van der Waals surface area contributed by atoms with Crippen LogP contribution in [0.2, 0.25) is 0 Å². The molecule has 0 unspecified atom stereocenters. The van der Waals surface area contributed by atoms with Crippen molar-refractivity contribution in [2.24, 2.45) is 0 Å². The molecular weight excluding hydrogens is 275 g/mol. The Hall–Kier alpha value is -1.43. The quantitative estimate of drug-likeness (QED) is 0.919. The highest BCUT2D eigenvalue weighted by molar-refractivity contribution is 9.10. The van der Waals surface area contributed by atoms with Gasteiger partial charge in [0, 0.05) is 4.47 Å². The van der Waals surface area contributed by atoms with Crippen molar-refractivity contribution in [1.82, 2.24) is 15.0 Å². The van der Waals surface area contributed by atoms with Gasteiger partial charge in [-0.25, -0.2) is 9.07 Å². The zero-order valence-corrected chi connectivity index (χ0v) is 10.2. The van der Waals surface area contributed by atoms with E-state index in [9.17, 15) is 4.39 Å². The monoisotopic (exact) mass is 284 g/mol. The van der Waals surface area contributed by atoms with Gasteiger partial charge in [0.1, 0.15) is 5.82 Å². The van der Waals surface area contributed by atoms with E-state index in [0.29, 0.717) is 12.4 Å². The summed E-state index contributed by atoms with van der Waals surface area (Å²) in [4.78, 5) is 0. The predicted octanol–water partition coefficient (Wildman–Crippen LogP) is 2.12. The molecule has 0 fully saturated rings. The van der Waals surface area contributed by atoms with Crippen LogP contribution in [0.1, 0.15) is 11.3 Å². The molecule has 0 aliphatic heterocycles. The topological polar surface area (TPSA) is 56.7 Å². The number of hydrogen-bond acceptors (Lipinski definition) is 3. The van der Waals surface area contributed by atoms with E-state index in [0.717, 1.165) is 15.7 Å². The lowest BCUT2D eigenvalue weighted by atomic mass is 10.2. The van der Waals surface area contributed by atoms with Crippen molar-refractivity contribution < 1.29 is 4.39 Å². The van der Waals surface area contributed by atoms with Gasteiger partial charge in [-0.15, -0.1) is 5.10 Å². The number of anilines is 1. The largest absolute Gasteiger partial charge is 0.381 e. The molecule has 16 heavy (non-hydrogen) atoms. The molecule has 1 heterocycles. The van der Waals surface area contributed by atoms with E-state index < -0.39 is 0 Å². The molecule has 84 valence electrons. The van der Waals surface area contributed by atoms with Gasteiger partial charge in [-0.1, -0.05) is 21.1 Å². The first kappa shape index (κ1) is 11.1. The van der Waals surface area contributed by atoms with Crippen molar-refractivity contribution in [3.8, 4) is 0 Å². The van der Waals surface area contributed by atoms with Crippen molar-refractivity contribution in [1.29, 1.82) is 0 Å². The van der Waals surface area contributed by atoms with Gasteiger partial charge < -0.3 is 5.73 Å². The van der Waals surface area contributed by atoms with Crippen molar-refractivity contribution in [2.45, 2.75) is 13.5 Å². The Morgan fingerprint density at radius 1 is 1.50 bits per heavy atom. The third-order valence-electron chi connectivity index (χ3n) is 2.35. The predicted molar refractivity (Wildman–Crippen MR) is 62.4 cm³/mol. The summed E-state index contributed by atoms with van der Waals surface area (Å²) < 4.78 is 15.5. The van der Waals surface area contributed by atoms with Crippen LogP contribution in [-0.2, 0) is 6.54 Å². The van der Waals surface area contributed by atoms with E-state index in [2.05, 4.69) is 26.2 Å². The number of halogens is 2. The molecule has 0 atom stereocenters. The summed E-state index contributed by atoms with van der Waals surface area (Å²) in [6.07, 6.45) is 0. The number of nitrogens with zero attached hydrogens (tertiary/aromatic N) is 3. The van der Waals surface area contributed by atoms with E-state index in [1.807, 2.05) is 6.92 Å². The molecule has 0 bridgehead atoms. The van der Waals surface area contributed by atoms with Crippen LogP contribution in [0.15, 0.2) is 22.7 Å². The molecule has 4 nitrogen and oxygen atoms in total. The Bertz CT molecular complexity index is 524. The SMILES string of the molecule is Cc1c(N)nnn1Cc1cc(F)ccc1Br. The van der Waals surface area contributed by atoms with Gasteiger partial charge in [-0.2, -0.15) is 0 Å². The Morgan fingerprint density at radius 3 is 2.88 bits per heavy atom. The third-order valence-corrected chi connectivity index (χ3v) is 3.12. The molecule has 6 heteroatoms. The highest BCUT2D eigenvalue weighted by atomic mass is 79.9. The van der Waals surface area contributed by atoms with E-state index in [1.54, 1.807) is 10.7 Å². The van der Waals surface area contributed by atoms with Crippen molar-refractivity contribution >= 4 is 21.7 Å². The summed E-state index contributed by atoms with van der Waals surface area (Å²) in [5, 5.41) is 7.63. The van der Waals surface area contributed by atoms with Crippen molar-refractivity contribution in [3.63, 3.8) is 0 Å². The van der Waals surface area contributed by atoms with E-state index in [4.69, 9.17) is 5.73 Å². The number of nitrogens with two attached hydrogens (primary N) is 1. The fraction of sp³-hybridized carbons (Fsp3) is 0.200. The molecule has 0 spiro atoms. The van der Waals surface area contributed by atoms with Gasteiger partial charge in [0.05, 0.1) is 12.2 Å². The molecule has 0 amide bonds. The molecule has 0 radical (unpaired) electrons. The first-order valence-electron chi connectivity index (χ1n) is 4.67. The van der Waals surface area contributed by atoms with Crippen molar-refractivity contribution in [2.75, 3.05) is 5.73 Å². The lowest BCUT2D eigenvalue weighted by molar-refractivity contribution is 0.607. The Balaban J connectivity index is 2.33. The number of benzene rings is 1. The van der Waals surface area contributed by atoms with Crippen LogP contribution >= 0.6 is 15.9 Å². The molecule has 2 N–H and O–H groups in total. The minimum absolute atomic E-state index is 0.274. The molecule has 0 saturated carbocycles. The maximum Gasteiger partial charge on any atom is 0.168 e. The number of rotatable bonds is 2. The van der Waals surface area contributed by atoms with Gasteiger partial charge in [0.25, 0.3) is 0 Å². The Labute approximate surface area is 100 Å². The van der Waals surface area contributed by atoms with Gasteiger partial charge in [-0.3, -0.25) is 0 Å². The Kier molecular flexibility index (Phi) is 2.91. The van der Waals surface area contributed by atoms with Gasteiger partial charge in [-0.05, 0) is 30.7 Å². The summed E-state index contributed by atoms with van der Waals surface area (Å²) in [7, 11) is 0. The maximum atomic E-state index is 13.1. The molecule has 2 aromatic rings. The summed E-state index contributed by atoms with van der Waals surface area (Å²) in [5.41, 5.74) is 7.16. The average Bonchev–Trinajstić information content (AvgIpc) is 2.55. The molecule has 0 saturated heterocycles. The minimum atomic E-state index is -0.274. The molecule has 1 aromatic carbocycles. The van der Waals surface area contributed by atoms with Crippen LogP contribution in [0.3, 0.4) is 0 Å². The van der Waals surface area contributed by atoms with Crippen LogP contribution in [-0.4, -0.2) is 15.0 Å². The summed E-state index contributed by atoms with van der Waals surface area (Å²) in [6, 6.07) is 4.53. The fourth-order valence-electron chi connectivity index (χ4n) is 1.35. The molecular formula is C10H10BrFN4. The lowest BCUT2D eigenvalue weighted by Crippen LogP contribution is -2.05. The smallest absolute Gasteiger partial charge is 0.168 e. The van der Waals surface area contributed by atoms with E-state index in [-0.39, 0.29) is 5.82 Å². The van der Waals surface area contributed by atoms with E-state index >= 15 is 0 Å². The summed E-state index contributed by atoms with van der Waals surface area (Å²) in [6.45, 7) is 2.26. The molecule has 2 rings (SSSR count). The molecule has 0 aliphatic carbocycles. The van der Waals surface area contributed by atoms with Crippen LogP contribution in [0.4, 0.5) is 10.2 Å². The normalized spacial score (nSPS) is 10.7. The summed E-state index contributed by atoms with van der Waals surface area (Å²) >= 11 is 3.36. The van der Waals surface area contributed by atoms with Gasteiger partial charge >= 0.3 is 0 Å². The second kappa shape index (κ2) is 4.21. The second-order valence-electron chi connectivity index (χ2n) is 3.45. The summed E-state index contributed by atoms with van der Waals surface area (Å²) in [5.74, 6) is 0.122. The third kappa shape index (κ3) is 2.06. The maximum absolute atomic E-state index is 13.1. The fourth-order valence-corrected chi connectivity index (χ4v) is 1.72. The van der Waals surface area contributed by atoms with Crippen LogP contribution in [0.5, 0.6) is 0 Å². The number of hydrogen-bond donors (Lipinski definition) is 1. The van der Waals surface area contributed by atoms with E-state index in [1.165, 1.54) is 12.1 Å². The number of nitrogen functional groups attached to an aromatic ring is 1. The van der Waals surface area contributed by atoms with Crippen LogP contribution < -0.4 is 5.73 Å². The van der Waals surface area contributed by atoms with Crippen molar-refractivity contribution in [3.05, 3.63) is 39.7 Å². The highest BCUT2D eigenvalue weighted by Gasteiger charge is 2.08. The zero-order valence-electron chi connectivity index (χ0n) is 8.61. The minimum Gasteiger partial charge on any atom is -0.381 e. The van der Waals surface area contributed by atoms with Crippen LogP contribution in [0.25, 0.3) is 0 Å². The highest BCUT2D eigenvalue weighted by Crippen LogP contribution is 2.19. The molecule has 1 aromatic heterocycles. The van der Waals surface area contributed by atoms with Gasteiger partial charge in [0.15, 0.2) is 5.82 Å². The first-order chi connectivity index (χ1) is 7.58. The average molecular weight is 285 g/mol. The van der Waals surface area contributed by atoms with Crippen LogP contribution in [0, 0.1) is 12.7 Å². The first-order valence-corrected chi connectivity index (χ1v) is 5.46. The number of aromatic nitrogens is 3. The lowest BCUT2D eigenvalue weighted by Gasteiger charge is -2.06. The molecule has 0 aliphatic rings.